The van der Waals surface area contributed by atoms with Crippen molar-refractivity contribution in [2.75, 3.05) is 26.5 Å². The van der Waals surface area contributed by atoms with E-state index in [0.29, 0.717) is 24.6 Å². The number of rotatable bonds is 6. The number of ether oxygens (including phenoxy) is 2. The number of hydrogen-bond acceptors (Lipinski definition) is 4. The number of carbonyl (C=O) groups is 1. The van der Waals surface area contributed by atoms with E-state index in [1.54, 1.807) is 29.8 Å². The molecule has 0 fully saturated rings. The van der Waals surface area contributed by atoms with E-state index in [-0.39, 0.29) is 11.3 Å². The molecule has 4 nitrogen and oxygen atoms in total. The van der Waals surface area contributed by atoms with Gasteiger partial charge in [-0.25, -0.2) is 4.79 Å². The van der Waals surface area contributed by atoms with E-state index in [1.807, 2.05) is 32.2 Å². The first-order chi connectivity index (χ1) is 9.58. The summed E-state index contributed by atoms with van der Waals surface area (Å²) in [5.41, 5.74) is 0.970. The monoisotopic (exact) mass is 297 g/mol. The van der Waals surface area contributed by atoms with Crippen LogP contribution >= 0.6 is 11.8 Å². The van der Waals surface area contributed by atoms with Crippen LogP contribution in [-0.4, -0.2) is 37.4 Å². The van der Waals surface area contributed by atoms with Crippen LogP contribution in [0.3, 0.4) is 0 Å². The lowest BCUT2D eigenvalue weighted by Crippen LogP contribution is -2.33. The molecule has 0 unspecified atom stereocenters. The van der Waals surface area contributed by atoms with Gasteiger partial charge in [0.2, 0.25) is 0 Å². The molecule has 5 heteroatoms. The van der Waals surface area contributed by atoms with Gasteiger partial charge in [0.25, 0.3) is 0 Å². The van der Waals surface area contributed by atoms with Gasteiger partial charge >= 0.3 is 6.09 Å². The molecule has 1 amide bonds. The minimum Gasteiger partial charge on any atom is -0.493 e. The van der Waals surface area contributed by atoms with E-state index in [4.69, 9.17) is 9.47 Å². The number of hydrogen-bond donors (Lipinski definition) is 0. The van der Waals surface area contributed by atoms with Gasteiger partial charge in [-0.2, -0.15) is 11.8 Å². The molecule has 20 heavy (non-hydrogen) atoms. The summed E-state index contributed by atoms with van der Waals surface area (Å²) in [7, 11) is 1.58. The summed E-state index contributed by atoms with van der Waals surface area (Å²) in [6.07, 6.45) is 1.69. The molecule has 0 bridgehead atoms. The Morgan fingerprint density at radius 1 is 1.35 bits per heavy atom. The zero-order valence-electron chi connectivity index (χ0n) is 12.8. The Hall–Kier alpha value is -1.36. The topological polar surface area (TPSA) is 38.8 Å². The molecule has 1 rings (SSSR count). The summed E-state index contributed by atoms with van der Waals surface area (Å²) in [6.45, 7) is 7.18. The van der Waals surface area contributed by atoms with Crippen LogP contribution in [0, 0.1) is 0 Å². The summed E-state index contributed by atoms with van der Waals surface area (Å²) >= 11 is 1.70. The third kappa shape index (κ3) is 3.82. The van der Waals surface area contributed by atoms with Crippen molar-refractivity contribution >= 4 is 17.9 Å². The Bertz CT molecular complexity index is 447. The molecule has 0 N–H and O–H groups in total. The Morgan fingerprint density at radius 2 is 2.00 bits per heavy atom. The fourth-order valence-corrected chi connectivity index (χ4v) is 2.32. The van der Waals surface area contributed by atoms with Gasteiger partial charge in [0.1, 0.15) is 0 Å². The van der Waals surface area contributed by atoms with Gasteiger partial charge in [-0.15, -0.1) is 0 Å². The summed E-state index contributed by atoms with van der Waals surface area (Å²) in [6, 6.07) is 5.69. The third-order valence-corrected chi connectivity index (χ3v) is 4.19. The fraction of sp³-hybridized carbons (Fsp3) is 0.533. The summed E-state index contributed by atoms with van der Waals surface area (Å²) in [5, 5.41) is 0.226. The average molecular weight is 297 g/mol. The van der Waals surface area contributed by atoms with Crippen LogP contribution in [-0.2, 0) is 0 Å². The Kier molecular flexibility index (Phi) is 6.71. The second kappa shape index (κ2) is 8.04. The van der Waals surface area contributed by atoms with E-state index >= 15 is 0 Å². The molecule has 1 aromatic carbocycles. The van der Waals surface area contributed by atoms with Gasteiger partial charge in [-0.05, 0) is 33.1 Å². The lowest BCUT2D eigenvalue weighted by molar-refractivity contribution is 0.155. The maximum atomic E-state index is 12.1. The molecule has 0 radical (unpaired) electrons. The summed E-state index contributed by atoms with van der Waals surface area (Å²) < 4.78 is 10.9. The van der Waals surface area contributed by atoms with Crippen LogP contribution in [0.4, 0.5) is 4.79 Å². The van der Waals surface area contributed by atoms with Crippen molar-refractivity contribution < 1.29 is 14.3 Å². The predicted molar refractivity (Wildman–Crippen MR) is 83.9 cm³/mol. The molecule has 1 aromatic rings. The molecule has 0 aliphatic carbocycles. The fourth-order valence-electron chi connectivity index (χ4n) is 1.88. The van der Waals surface area contributed by atoms with Gasteiger partial charge in [0.05, 0.1) is 7.11 Å². The van der Waals surface area contributed by atoms with Crippen molar-refractivity contribution in [1.82, 2.24) is 4.90 Å². The molecule has 112 valence electrons. The maximum Gasteiger partial charge on any atom is 0.415 e. The first-order valence-corrected chi connectivity index (χ1v) is 8.04. The second-order valence-electron chi connectivity index (χ2n) is 4.30. The van der Waals surface area contributed by atoms with Crippen molar-refractivity contribution in [3.05, 3.63) is 23.8 Å². The van der Waals surface area contributed by atoms with Crippen molar-refractivity contribution in [1.29, 1.82) is 0 Å². The Labute approximate surface area is 125 Å². The maximum absolute atomic E-state index is 12.1. The summed E-state index contributed by atoms with van der Waals surface area (Å²) in [4.78, 5) is 13.8. The average Bonchev–Trinajstić information content (AvgIpc) is 2.47. The smallest absolute Gasteiger partial charge is 0.415 e. The number of nitrogens with zero attached hydrogens (tertiary/aromatic N) is 1. The van der Waals surface area contributed by atoms with Gasteiger partial charge < -0.3 is 14.4 Å². The highest BCUT2D eigenvalue weighted by atomic mass is 32.2. The van der Waals surface area contributed by atoms with Crippen LogP contribution in [0.1, 0.15) is 31.6 Å². The van der Waals surface area contributed by atoms with Crippen LogP contribution < -0.4 is 9.47 Å². The molecular weight excluding hydrogens is 274 g/mol. The summed E-state index contributed by atoms with van der Waals surface area (Å²) in [5.74, 6) is 1.11. The molecule has 1 atom stereocenters. The third-order valence-electron chi connectivity index (χ3n) is 3.23. The highest BCUT2D eigenvalue weighted by Gasteiger charge is 2.20. The number of methoxy groups -OCH3 is 1. The molecule has 0 aromatic heterocycles. The molecule has 0 aliphatic rings. The predicted octanol–water partition coefficient (Wildman–Crippen LogP) is 3.96. The van der Waals surface area contributed by atoms with Crippen LogP contribution in [0.2, 0.25) is 0 Å². The largest absolute Gasteiger partial charge is 0.493 e. The van der Waals surface area contributed by atoms with Crippen LogP contribution in [0.25, 0.3) is 0 Å². The number of benzene rings is 1. The van der Waals surface area contributed by atoms with Crippen molar-refractivity contribution in [2.45, 2.75) is 26.0 Å². The highest BCUT2D eigenvalue weighted by molar-refractivity contribution is 7.98. The standard InChI is InChI=1S/C15H23NO3S/c1-6-16(7-2)15(17)19-14-12(11(3)20-5)9-8-10-13(14)18-4/h8-11H,6-7H2,1-5H3/t11-/m0/s1. The molecular formula is C15H23NO3S. The Morgan fingerprint density at radius 3 is 2.50 bits per heavy atom. The van der Waals surface area contributed by atoms with Crippen molar-refractivity contribution in [3.63, 3.8) is 0 Å². The number of thioether (sulfide) groups is 1. The van der Waals surface area contributed by atoms with Gasteiger partial charge in [-0.3, -0.25) is 0 Å². The number of carbonyl (C=O) groups excluding carboxylic acids is 1. The van der Waals surface area contributed by atoms with E-state index in [1.165, 1.54) is 0 Å². The van der Waals surface area contributed by atoms with Gasteiger partial charge in [0.15, 0.2) is 11.5 Å². The van der Waals surface area contributed by atoms with Gasteiger partial charge in [0, 0.05) is 23.9 Å². The van der Waals surface area contributed by atoms with E-state index in [2.05, 4.69) is 6.92 Å². The zero-order chi connectivity index (χ0) is 15.1. The van der Waals surface area contributed by atoms with Crippen LogP contribution in [0.5, 0.6) is 11.5 Å². The molecule has 0 saturated heterocycles. The molecule has 0 heterocycles. The van der Waals surface area contributed by atoms with Crippen molar-refractivity contribution in [3.8, 4) is 11.5 Å². The van der Waals surface area contributed by atoms with E-state index in [9.17, 15) is 4.79 Å². The van der Waals surface area contributed by atoms with Crippen molar-refractivity contribution in [2.24, 2.45) is 0 Å². The zero-order valence-corrected chi connectivity index (χ0v) is 13.6. The molecule has 0 spiro atoms. The molecule has 0 aliphatic heterocycles. The number of para-hydroxylation sites is 1. The minimum atomic E-state index is -0.339. The first-order valence-electron chi connectivity index (χ1n) is 6.75. The lowest BCUT2D eigenvalue weighted by atomic mass is 10.1. The van der Waals surface area contributed by atoms with Gasteiger partial charge in [-0.1, -0.05) is 12.1 Å². The van der Waals surface area contributed by atoms with Crippen LogP contribution in [0.15, 0.2) is 18.2 Å². The molecule has 0 saturated carbocycles. The first kappa shape index (κ1) is 16.7. The SMILES string of the molecule is CCN(CC)C(=O)Oc1c(OC)cccc1[C@H](C)SC. The second-order valence-corrected chi connectivity index (χ2v) is 5.48. The van der Waals surface area contributed by atoms with E-state index < -0.39 is 0 Å². The highest BCUT2D eigenvalue weighted by Crippen LogP contribution is 2.39. The Balaban J connectivity index is 3.11. The quantitative estimate of drug-likeness (QED) is 0.796. The number of amides is 1. The lowest BCUT2D eigenvalue weighted by Gasteiger charge is -2.21. The normalized spacial score (nSPS) is 11.8. The van der Waals surface area contributed by atoms with E-state index in [0.717, 1.165) is 5.56 Å². The minimum absolute atomic E-state index is 0.226.